The molecule has 0 amide bonds. The van der Waals surface area contributed by atoms with E-state index in [1.165, 1.54) is 0 Å². The molecular weight excluding hydrogens is 266 g/mol. The molecule has 0 heterocycles. The molecule has 0 aliphatic heterocycles. The molecule has 0 bridgehead atoms. The molecule has 74 valence electrons. The summed E-state index contributed by atoms with van der Waals surface area (Å²) >= 11 is 0. The van der Waals surface area contributed by atoms with Crippen LogP contribution in [0, 0.1) is 17.7 Å². The molecule has 0 fully saturated rings. The van der Waals surface area contributed by atoms with Crippen LogP contribution in [0.5, 0.6) is 5.75 Å². The van der Waals surface area contributed by atoms with Crippen molar-refractivity contribution >= 4 is 23.1 Å². The van der Waals surface area contributed by atoms with Gasteiger partial charge in [-0.2, -0.15) is 0 Å². The van der Waals surface area contributed by atoms with Crippen molar-refractivity contribution in [3.05, 3.63) is 29.8 Å². The summed E-state index contributed by atoms with van der Waals surface area (Å²) in [5.41, 5.74) is 0. The SMILES string of the molecule is CC(C)Oc1[c-]cc(F)c(F)c1.[Br-].[Mg+2]. The molecule has 1 aromatic rings. The molecule has 5 heteroatoms. The van der Waals surface area contributed by atoms with Crippen LogP contribution in [0.15, 0.2) is 12.1 Å². The molecule has 0 radical (unpaired) electrons. The smallest absolute Gasteiger partial charge is 1.00 e. The zero-order chi connectivity index (χ0) is 9.14. The van der Waals surface area contributed by atoms with E-state index < -0.39 is 11.6 Å². The van der Waals surface area contributed by atoms with Crippen molar-refractivity contribution in [1.29, 1.82) is 0 Å². The minimum atomic E-state index is -0.913. The number of rotatable bonds is 2. The van der Waals surface area contributed by atoms with Crippen molar-refractivity contribution in [3.63, 3.8) is 0 Å². The Bertz CT molecular complexity index is 282. The van der Waals surface area contributed by atoms with Crippen LogP contribution in [0.25, 0.3) is 0 Å². The first-order valence-corrected chi connectivity index (χ1v) is 3.63. The average molecular weight is 275 g/mol. The topological polar surface area (TPSA) is 9.23 Å². The molecular formula is C9H9BrF2MgO. The van der Waals surface area contributed by atoms with Crippen molar-refractivity contribution in [3.8, 4) is 5.75 Å². The maximum atomic E-state index is 12.6. The van der Waals surface area contributed by atoms with Gasteiger partial charge in [0.2, 0.25) is 0 Å². The Labute approximate surface area is 109 Å². The van der Waals surface area contributed by atoms with Crippen molar-refractivity contribution in [1.82, 2.24) is 0 Å². The molecule has 0 aliphatic carbocycles. The van der Waals surface area contributed by atoms with Gasteiger partial charge < -0.3 is 21.7 Å². The maximum Gasteiger partial charge on any atom is 2.00 e. The molecule has 1 aromatic carbocycles. The van der Waals surface area contributed by atoms with Gasteiger partial charge in [-0.15, -0.1) is 12.1 Å². The third-order valence-corrected chi connectivity index (χ3v) is 1.19. The third kappa shape index (κ3) is 5.12. The molecule has 0 unspecified atom stereocenters. The maximum absolute atomic E-state index is 12.6. The molecule has 0 aromatic heterocycles. The Morgan fingerprint density at radius 1 is 1.29 bits per heavy atom. The van der Waals surface area contributed by atoms with E-state index in [9.17, 15) is 8.78 Å². The van der Waals surface area contributed by atoms with Gasteiger partial charge in [0.1, 0.15) is 0 Å². The van der Waals surface area contributed by atoms with E-state index >= 15 is 0 Å². The Morgan fingerprint density at radius 3 is 2.29 bits per heavy atom. The van der Waals surface area contributed by atoms with Gasteiger partial charge in [-0.05, 0) is 13.8 Å². The fourth-order valence-electron chi connectivity index (χ4n) is 0.751. The molecule has 1 nitrogen and oxygen atoms in total. The van der Waals surface area contributed by atoms with Gasteiger partial charge in [0, 0.05) is 11.6 Å². The Morgan fingerprint density at radius 2 is 1.86 bits per heavy atom. The summed E-state index contributed by atoms with van der Waals surface area (Å²) in [7, 11) is 0. The second-order valence-corrected chi connectivity index (χ2v) is 2.66. The average Bonchev–Trinajstić information content (AvgIpc) is 1.96. The van der Waals surface area contributed by atoms with Gasteiger partial charge in [0.05, 0.1) is 11.9 Å². The summed E-state index contributed by atoms with van der Waals surface area (Å²) in [6.45, 7) is 3.60. The van der Waals surface area contributed by atoms with Crippen LogP contribution in [0.2, 0.25) is 0 Å². The zero-order valence-electron chi connectivity index (χ0n) is 7.98. The van der Waals surface area contributed by atoms with E-state index in [1.54, 1.807) is 13.8 Å². The van der Waals surface area contributed by atoms with Gasteiger partial charge in [0.25, 0.3) is 0 Å². The second kappa shape index (κ2) is 7.42. The first-order valence-electron chi connectivity index (χ1n) is 3.63. The van der Waals surface area contributed by atoms with E-state index in [-0.39, 0.29) is 51.9 Å². The van der Waals surface area contributed by atoms with E-state index in [0.29, 0.717) is 0 Å². The van der Waals surface area contributed by atoms with Crippen LogP contribution in [0.4, 0.5) is 8.78 Å². The van der Waals surface area contributed by atoms with Gasteiger partial charge in [-0.25, -0.2) is 4.39 Å². The number of hydrogen-bond donors (Lipinski definition) is 0. The summed E-state index contributed by atoms with van der Waals surface area (Å²) in [5.74, 6) is -1.60. The second-order valence-electron chi connectivity index (χ2n) is 2.66. The summed E-state index contributed by atoms with van der Waals surface area (Å²) in [6.07, 6.45) is -0.0638. The van der Waals surface area contributed by atoms with Gasteiger partial charge in [0.15, 0.2) is 0 Å². The first kappa shape index (κ1) is 16.6. The summed E-state index contributed by atoms with van der Waals surface area (Å²) < 4.78 is 30.0. The number of benzene rings is 1. The van der Waals surface area contributed by atoms with Gasteiger partial charge >= 0.3 is 23.1 Å². The normalized spacial score (nSPS) is 8.93. The molecule has 1 rings (SSSR count). The van der Waals surface area contributed by atoms with E-state index in [0.717, 1.165) is 12.1 Å². The number of hydrogen-bond acceptors (Lipinski definition) is 1. The minimum Gasteiger partial charge on any atom is -1.00 e. The van der Waals surface area contributed by atoms with Crippen LogP contribution < -0.4 is 21.7 Å². The van der Waals surface area contributed by atoms with Gasteiger partial charge in [-0.3, -0.25) is 4.39 Å². The molecule has 14 heavy (non-hydrogen) atoms. The van der Waals surface area contributed by atoms with Crippen LogP contribution in [-0.2, 0) is 0 Å². The monoisotopic (exact) mass is 274 g/mol. The predicted octanol–water partition coefficient (Wildman–Crippen LogP) is -0.825. The fraction of sp³-hybridized carbons (Fsp3) is 0.333. The number of halogens is 3. The Hall–Kier alpha value is 0.126. The molecule has 0 N–H and O–H groups in total. The largest absolute Gasteiger partial charge is 2.00 e. The molecule has 0 aliphatic rings. The molecule has 0 saturated carbocycles. The van der Waals surface area contributed by atoms with Crippen molar-refractivity contribution in [2.24, 2.45) is 0 Å². The zero-order valence-corrected chi connectivity index (χ0v) is 11.0. The van der Waals surface area contributed by atoms with Crippen LogP contribution in [0.1, 0.15) is 13.8 Å². The Kier molecular flexibility index (Phi) is 8.78. The summed E-state index contributed by atoms with van der Waals surface area (Å²) in [6, 6.07) is 4.38. The molecule has 0 atom stereocenters. The van der Waals surface area contributed by atoms with E-state index in [2.05, 4.69) is 6.07 Å². The summed E-state index contributed by atoms with van der Waals surface area (Å²) in [5, 5.41) is 0. The van der Waals surface area contributed by atoms with Crippen LogP contribution >= 0.6 is 0 Å². The van der Waals surface area contributed by atoms with E-state index in [4.69, 9.17) is 4.74 Å². The molecule has 0 spiro atoms. The predicted molar refractivity (Wildman–Crippen MR) is 46.7 cm³/mol. The van der Waals surface area contributed by atoms with Crippen LogP contribution in [-0.4, -0.2) is 29.2 Å². The minimum absolute atomic E-state index is 0. The molecule has 0 saturated heterocycles. The van der Waals surface area contributed by atoms with Crippen molar-refractivity contribution < 1.29 is 30.5 Å². The number of ether oxygens (including phenoxy) is 1. The first-order chi connectivity index (χ1) is 5.59. The quantitative estimate of drug-likeness (QED) is 0.506. The van der Waals surface area contributed by atoms with E-state index in [1.807, 2.05) is 0 Å². The van der Waals surface area contributed by atoms with Crippen LogP contribution in [0.3, 0.4) is 0 Å². The standard InChI is InChI=1S/C9H9F2O.BrH.Mg/c1-6(2)12-7-3-4-8(10)9(11)5-7;;/h4-6H,1-2H3;1H;/q-1;;+2/p-1. The fourth-order valence-corrected chi connectivity index (χ4v) is 0.751. The van der Waals surface area contributed by atoms with Gasteiger partial charge in [-0.1, -0.05) is 6.07 Å². The summed E-state index contributed by atoms with van der Waals surface area (Å²) in [4.78, 5) is 0. The van der Waals surface area contributed by atoms with Crippen molar-refractivity contribution in [2.75, 3.05) is 0 Å². The Balaban J connectivity index is 0. The third-order valence-electron chi connectivity index (χ3n) is 1.19. The van der Waals surface area contributed by atoms with Crippen molar-refractivity contribution in [2.45, 2.75) is 20.0 Å².